The average molecular weight is 259 g/mol. The fourth-order valence-corrected chi connectivity index (χ4v) is 2.07. The second-order valence-electron chi connectivity index (χ2n) is 5.22. The molecule has 0 aromatic rings. The van der Waals surface area contributed by atoms with Gasteiger partial charge in [0.1, 0.15) is 0 Å². The van der Waals surface area contributed by atoms with Crippen LogP contribution in [0.5, 0.6) is 0 Å². The lowest BCUT2D eigenvalue weighted by Crippen LogP contribution is -2.29. The van der Waals surface area contributed by atoms with E-state index in [1.165, 1.54) is 64.2 Å². The maximum absolute atomic E-state index is 9.11. The molecular formula is C15H33NO2. The van der Waals surface area contributed by atoms with Crippen LogP contribution >= 0.6 is 0 Å². The SMILES string of the molecule is CCCCCCCCCCCCNCC(O)CO. The summed E-state index contributed by atoms with van der Waals surface area (Å²) in [7, 11) is 0. The highest BCUT2D eigenvalue weighted by Crippen LogP contribution is 2.10. The van der Waals surface area contributed by atoms with Crippen molar-refractivity contribution in [3.8, 4) is 0 Å². The molecular weight excluding hydrogens is 226 g/mol. The van der Waals surface area contributed by atoms with E-state index in [0.29, 0.717) is 6.54 Å². The van der Waals surface area contributed by atoms with Crippen LogP contribution in [0.2, 0.25) is 0 Å². The van der Waals surface area contributed by atoms with Crippen molar-refractivity contribution in [2.75, 3.05) is 19.7 Å². The highest BCUT2D eigenvalue weighted by Gasteiger charge is 1.99. The van der Waals surface area contributed by atoms with Crippen LogP contribution in [0.15, 0.2) is 0 Å². The maximum atomic E-state index is 9.11. The number of hydrogen-bond acceptors (Lipinski definition) is 3. The Balaban J connectivity index is 2.94. The molecule has 0 aliphatic heterocycles. The highest BCUT2D eigenvalue weighted by molar-refractivity contribution is 4.57. The standard InChI is InChI=1S/C15H33NO2/c1-2-3-4-5-6-7-8-9-10-11-12-16-13-15(18)14-17/h15-18H,2-14H2,1H3. The molecule has 3 nitrogen and oxygen atoms in total. The predicted molar refractivity (Wildman–Crippen MR) is 77.8 cm³/mol. The molecule has 110 valence electrons. The van der Waals surface area contributed by atoms with Gasteiger partial charge in [-0.05, 0) is 13.0 Å². The molecule has 1 atom stereocenters. The van der Waals surface area contributed by atoms with Crippen LogP contribution in [0.4, 0.5) is 0 Å². The van der Waals surface area contributed by atoms with E-state index in [1.54, 1.807) is 0 Å². The third-order valence-corrected chi connectivity index (χ3v) is 3.30. The molecule has 0 radical (unpaired) electrons. The number of nitrogens with one attached hydrogen (secondary N) is 1. The Morgan fingerprint density at radius 2 is 1.33 bits per heavy atom. The van der Waals surface area contributed by atoms with Gasteiger partial charge in [0, 0.05) is 6.54 Å². The monoisotopic (exact) mass is 259 g/mol. The highest BCUT2D eigenvalue weighted by atomic mass is 16.3. The quantitative estimate of drug-likeness (QED) is 0.420. The number of aliphatic hydroxyl groups is 2. The van der Waals surface area contributed by atoms with Crippen LogP contribution in [-0.2, 0) is 0 Å². The number of aliphatic hydroxyl groups excluding tert-OH is 2. The van der Waals surface area contributed by atoms with E-state index in [2.05, 4.69) is 12.2 Å². The van der Waals surface area contributed by atoms with E-state index in [1.807, 2.05) is 0 Å². The van der Waals surface area contributed by atoms with Gasteiger partial charge in [-0.3, -0.25) is 0 Å². The topological polar surface area (TPSA) is 52.5 Å². The summed E-state index contributed by atoms with van der Waals surface area (Å²) in [5.41, 5.74) is 0. The van der Waals surface area contributed by atoms with Crippen LogP contribution in [0.1, 0.15) is 71.1 Å². The Bertz CT molecular complexity index is 153. The molecule has 0 aromatic heterocycles. The molecule has 3 heteroatoms. The van der Waals surface area contributed by atoms with Gasteiger partial charge in [-0.1, -0.05) is 64.7 Å². The average Bonchev–Trinajstić information content (AvgIpc) is 2.39. The smallest absolute Gasteiger partial charge is 0.0894 e. The molecule has 0 amide bonds. The molecule has 0 aliphatic rings. The molecule has 0 rings (SSSR count). The molecule has 0 spiro atoms. The lowest BCUT2D eigenvalue weighted by molar-refractivity contribution is 0.0945. The van der Waals surface area contributed by atoms with Crippen LogP contribution in [0, 0.1) is 0 Å². The first kappa shape index (κ1) is 17.9. The van der Waals surface area contributed by atoms with Gasteiger partial charge < -0.3 is 15.5 Å². The molecule has 0 saturated carbocycles. The zero-order valence-electron chi connectivity index (χ0n) is 12.2. The largest absolute Gasteiger partial charge is 0.394 e. The van der Waals surface area contributed by atoms with Gasteiger partial charge in [0.25, 0.3) is 0 Å². The number of unbranched alkanes of at least 4 members (excludes halogenated alkanes) is 9. The van der Waals surface area contributed by atoms with Crippen molar-refractivity contribution >= 4 is 0 Å². The fraction of sp³-hybridized carbons (Fsp3) is 1.00. The van der Waals surface area contributed by atoms with Crippen molar-refractivity contribution in [1.82, 2.24) is 5.32 Å². The molecule has 0 saturated heterocycles. The Hall–Kier alpha value is -0.120. The minimum absolute atomic E-state index is 0.148. The summed E-state index contributed by atoms with van der Waals surface area (Å²) in [6.07, 6.45) is 12.9. The minimum atomic E-state index is -0.604. The van der Waals surface area contributed by atoms with Gasteiger partial charge in [0.05, 0.1) is 12.7 Å². The molecule has 0 aromatic carbocycles. The van der Waals surface area contributed by atoms with E-state index < -0.39 is 6.10 Å². The Morgan fingerprint density at radius 3 is 1.83 bits per heavy atom. The number of rotatable bonds is 14. The molecule has 0 fully saturated rings. The Kier molecular flexibility index (Phi) is 14.8. The van der Waals surface area contributed by atoms with Gasteiger partial charge in [0.2, 0.25) is 0 Å². The van der Waals surface area contributed by atoms with Crippen LogP contribution in [0.3, 0.4) is 0 Å². The lowest BCUT2D eigenvalue weighted by Gasteiger charge is -2.08. The van der Waals surface area contributed by atoms with Crippen molar-refractivity contribution in [2.45, 2.75) is 77.2 Å². The molecule has 3 N–H and O–H groups in total. The van der Waals surface area contributed by atoms with Crippen LogP contribution < -0.4 is 5.32 Å². The summed E-state index contributed by atoms with van der Waals surface area (Å²) in [5.74, 6) is 0. The summed E-state index contributed by atoms with van der Waals surface area (Å²) < 4.78 is 0. The van der Waals surface area contributed by atoms with Gasteiger partial charge >= 0.3 is 0 Å². The van der Waals surface area contributed by atoms with E-state index >= 15 is 0 Å². The van der Waals surface area contributed by atoms with Crippen molar-refractivity contribution in [3.05, 3.63) is 0 Å². The summed E-state index contributed by atoms with van der Waals surface area (Å²) in [6.45, 7) is 3.57. The summed E-state index contributed by atoms with van der Waals surface area (Å²) in [5, 5.41) is 20.9. The van der Waals surface area contributed by atoms with Crippen molar-refractivity contribution in [1.29, 1.82) is 0 Å². The normalized spacial score (nSPS) is 12.8. The third-order valence-electron chi connectivity index (χ3n) is 3.30. The zero-order chi connectivity index (χ0) is 13.5. The first-order chi connectivity index (χ1) is 8.81. The molecule has 18 heavy (non-hydrogen) atoms. The molecule has 0 heterocycles. The van der Waals surface area contributed by atoms with Crippen molar-refractivity contribution in [2.24, 2.45) is 0 Å². The van der Waals surface area contributed by atoms with Gasteiger partial charge in [-0.2, -0.15) is 0 Å². The lowest BCUT2D eigenvalue weighted by atomic mass is 10.1. The zero-order valence-corrected chi connectivity index (χ0v) is 12.2. The van der Waals surface area contributed by atoms with E-state index in [9.17, 15) is 0 Å². The first-order valence-corrected chi connectivity index (χ1v) is 7.81. The second kappa shape index (κ2) is 14.9. The van der Waals surface area contributed by atoms with Crippen molar-refractivity contribution in [3.63, 3.8) is 0 Å². The van der Waals surface area contributed by atoms with E-state index in [0.717, 1.165) is 6.54 Å². The number of hydrogen-bond donors (Lipinski definition) is 3. The van der Waals surface area contributed by atoms with Gasteiger partial charge in [0.15, 0.2) is 0 Å². The van der Waals surface area contributed by atoms with Gasteiger partial charge in [-0.15, -0.1) is 0 Å². The molecule has 0 bridgehead atoms. The summed E-state index contributed by atoms with van der Waals surface area (Å²) >= 11 is 0. The third kappa shape index (κ3) is 13.9. The van der Waals surface area contributed by atoms with Crippen LogP contribution in [0.25, 0.3) is 0 Å². The second-order valence-corrected chi connectivity index (χ2v) is 5.22. The molecule has 0 aliphatic carbocycles. The summed E-state index contributed by atoms with van der Waals surface area (Å²) in [6, 6.07) is 0. The fourth-order valence-electron chi connectivity index (χ4n) is 2.07. The van der Waals surface area contributed by atoms with Gasteiger partial charge in [-0.25, -0.2) is 0 Å². The van der Waals surface area contributed by atoms with Crippen molar-refractivity contribution < 1.29 is 10.2 Å². The Labute approximate surface area is 113 Å². The first-order valence-electron chi connectivity index (χ1n) is 7.81. The Morgan fingerprint density at radius 1 is 0.833 bits per heavy atom. The minimum Gasteiger partial charge on any atom is -0.394 e. The van der Waals surface area contributed by atoms with E-state index in [-0.39, 0.29) is 6.61 Å². The molecule has 1 unspecified atom stereocenters. The predicted octanol–water partition coefficient (Wildman–Crippen LogP) is 2.85. The maximum Gasteiger partial charge on any atom is 0.0894 e. The summed E-state index contributed by atoms with van der Waals surface area (Å²) in [4.78, 5) is 0. The van der Waals surface area contributed by atoms with Crippen LogP contribution in [-0.4, -0.2) is 36.0 Å². The van der Waals surface area contributed by atoms with E-state index in [4.69, 9.17) is 10.2 Å².